The molecule has 1 aliphatic heterocycles. The summed E-state index contributed by atoms with van der Waals surface area (Å²) in [5, 5.41) is 6.56. The first-order chi connectivity index (χ1) is 16.2. The average molecular weight is 446 g/mol. The van der Waals surface area contributed by atoms with E-state index in [4.69, 9.17) is 9.15 Å². The van der Waals surface area contributed by atoms with Gasteiger partial charge in [0.2, 0.25) is 0 Å². The van der Waals surface area contributed by atoms with Gasteiger partial charge in [-0.05, 0) is 49.4 Å². The van der Waals surface area contributed by atoms with Crippen molar-refractivity contribution in [2.75, 3.05) is 31.6 Å². The molecule has 8 nitrogen and oxygen atoms in total. The summed E-state index contributed by atoms with van der Waals surface area (Å²) < 4.78 is 26.6. The lowest BCUT2D eigenvalue weighted by Crippen LogP contribution is -2.33. The van der Waals surface area contributed by atoms with Crippen LogP contribution < -0.4 is 10.6 Å². The van der Waals surface area contributed by atoms with E-state index < -0.39 is 0 Å². The van der Waals surface area contributed by atoms with Crippen molar-refractivity contribution in [2.24, 2.45) is 4.99 Å². The van der Waals surface area contributed by atoms with Crippen molar-refractivity contribution >= 4 is 28.7 Å². The molecule has 2 aromatic carbocycles. The van der Waals surface area contributed by atoms with Crippen LogP contribution in [-0.4, -0.2) is 46.6 Å². The summed E-state index contributed by atoms with van der Waals surface area (Å²) in [6, 6.07) is 10.2. The fourth-order valence-electron chi connectivity index (χ4n) is 3.64. The first-order valence-electron chi connectivity index (χ1n) is 10.7. The van der Waals surface area contributed by atoms with Crippen LogP contribution in [0.25, 0.3) is 22.9 Å². The summed E-state index contributed by atoms with van der Waals surface area (Å²) in [5.41, 5.74) is 4.93. The van der Waals surface area contributed by atoms with Crippen molar-refractivity contribution < 1.29 is 13.5 Å². The Balaban J connectivity index is 1.32. The van der Waals surface area contributed by atoms with Gasteiger partial charge in [0.05, 0.1) is 24.3 Å². The van der Waals surface area contributed by atoms with Crippen molar-refractivity contribution in [1.29, 1.82) is 0 Å². The number of anilines is 1. The highest BCUT2D eigenvalue weighted by Crippen LogP contribution is 2.27. The molecule has 0 radical (unpaired) electrons. The minimum atomic E-state index is -0.254. The van der Waals surface area contributed by atoms with Gasteiger partial charge in [-0.2, -0.15) is 0 Å². The quantitative estimate of drug-likeness (QED) is 0.436. The molecule has 2 N–H and O–H groups in total. The number of ether oxygens (including phenoxy) is 1. The first-order valence-corrected chi connectivity index (χ1v) is 10.7. The van der Waals surface area contributed by atoms with E-state index in [2.05, 4.69) is 25.6 Å². The lowest BCUT2D eigenvalue weighted by molar-refractivity contribution is 0.232. The fraction of sp³-hybridized carbons (Fsp3) is 0.208. The number of benzene rings is 2. The van der Waals surface area contributed by atoms with Crippen LogP contribution in [0, 0.1) is 12.7 Å². The molecule has 0 fully saturated rings. The molecule has 0 unspecified atom stereocenters. The highest BCUT2D eigenvalue weighted by molar-refractivity contribution is 6.02. The Bertz CT molecular complexity index is 1320. The number of hydrogen-bond acceptors (Lipinski definition) is 7. The zero-order valence-corrected chi connectivity index (χ0v) is 18.1. The summed E-state index contributed by atoms with van der Waals surface area (Å²) in [6.45, 7) is 4.30. The van der Waals surface area contributed by atoms with Gasteiger partial charge < -0.3 is 24.4 Å². The van der Waals surface area contributed by atoms with Gasteiger partial charge in [0.1, 0.15) is 17.9 Å². The number of oxazole rings is 1. The van der Waals surface area contributed by atoms with Gasteiger partial charge >= 0.3 is 0 Å². The fourth-order valence-corrected chi connectivity index (χ4v) is 3.64. The minimum absolute atomic E-state index is 0.254. The number of aromatic nitrogens is 3. The second-order valence-electron chi connectivity index (χ2n) is 7.57. The number of imidazole rings is 1. The normalized spacial score (nSPS) is 14.8. The Morgan fingerprint density at radius 2 is 1.94 bits per heavy atom. The smallest absolute Gasteiger partial charge is 0.182 e. The van der Waals surface area contributed by atoms with E-state index >= 15 is 0 Å². The Morgan fingerprint density at radius 1 is 1.09 bits per heavy atom. The zero-order valence-electron chi connectivity index (χ0n) is 18.1. The molecule has 0 aliphatic carbocycles. The van der Waals surface area contributed by atoms with Crippen molar-refractivity contribution in [3.05, 3.63) is 78.1 Å². The molecule has 0 saturated carbocycles. The highest BCUT2D eigenvalue weighted by atomic mass is 19.1. The van der Waals surface area contributed by atoms with E-state index in [1.54, 1.807) is 18.5 Å². The predicted molar refractivity (Wildman–Crippen MR) is 125 cm³/mol. The molecule has 168 valence electrons. The molecule has 0 atom stereocenters. The monoisotopic (exact) mass is 446 g/mol. The molecule has 0 amide bonds. The van der Waals surface area contributed by atoms with Gasteiger partial charge in [-0.1, -0.05) is 0 Å². The number of fused-ring (bicyclic) bond motifs is 1. The maximum atomic E-state index is 13.0. The Labute approximate surface area is 189 Å². The van der Waals surface area contributed by atoms with Gasteiger partial charge in [-0.3, -0.25) is 4.99 Å². The SMILES string of the molecule is Cc1cn(-c2ccc(/C=C3\OCCN=C3NCCNc3ccc(F)cc3)c3ocnc23)cn1. The van der Waals surface area contributed by atoms with Crippen LogP contribution in [0.15, 0.2) is 70.5 Å². The molecule has 9 heteroatoms. The Kier molecular flexibility index (Phi) is 5.75. The van der Waals surface area contributed by atoms with E-state index in [0.717, 1.165) is 28.1 Å². The van der Waals surface area contributed by atoms with Gasteiger partial charge in [-0.15, -0.1) is 0 Å². The molecule has 0 saturated heterocycles. The number of nitrogens with one attached hydrogen (secondary N) is 2. The maximum absolute atomic E-state index is 13.0. The zero-order chi connectivity index (χ0) is 22.6. The third-order valence-corrected chi connectivity index (χ3v) is 5.21. The number of rotatable bonds is 6. The lowest BCUT2D eigenvalue weighted by Gasteiger charge is -2.19. The molecule has 33 heavy (non-hydrogen) atoms. The van der Waals surface area contributed by atoms with Crippen LogP contribution in [0.3, 0.4) is 0 Å². The van der Waals surface area contributed by atoms with Crippen molar-refractivity contribution in [3.8, 4) is 5.69 Å². The average Bonchev–Trinajstić information content (AvgIpc) is 3.49. The second kappa shape index (κ2) is 9.15. The molecule has 3 heterocycles. The molecule has 0 bridgehead atoms. The molecule has 0 spiro atoms. The number of hydrogen-bond donors (Lipinski definition) is 2. The van der Waals surface area contributed by atoms with Crippen LogP contribution in [0.1, 0.15) is 11.3 Å². The van der Waals surface area contributed by atoms with Gasteiger partial charge in [0.15, 0.2) is 23.6 Å². The minimum Gasteiger partial charge on any atom is -0.488 e. The molecule has 5 rings (SSSR count). The highest BCUT2D eigenvalue weighted by Gasteiger charge is 2.16. The summed E-state index contributed by atoms with van der Waals surface area (Å²) in [5.74, 6) is 1.08. The van der Waals surface area contributed by atoms with Crippen LogP contribution in [0.2, 0.25) is 0 Å². The summed E-state index contributed by atoms with van der Waals surface area (Å²) in [7, 11) is 0. The first kappa shape index (κ1) is 20.7. The number of amidine groups is 1. The number of halogens is 1. The van der Waals surface area contributed by atoms with Crippen molar-refractivity contribution in [3.63, 3.8) is 0 Å². The third-order valence-electron chi connectivity index (χ3n) is 5.21. The van der Waals surface area contributed by atoms with Crippen molar-refractivity contribution in [2.45, 2.75) is 6.92 Å². The number of nitrogens with zero attached hydrogens (tertiary/aromatic N) is 4. The Morgan fingerprint density at radius 3 is 2.76 bits per heavy atom. The number of aliphatic imine (C=N–C) groups is 1. The van der Waals surface area contributed by atoms with Gasteiger partial charge in [0, 0.05) is 30.5 Å². The molecule has 4 aromatic rings. The molecular formula is C24H23FN6O2. The van der Waals surface area contributed by atoms with E-state index in [0.29, 0.717) is 43.4 Å². The largest absolute Gasteiger partial charge is 0.488 e. The van der Waals surface area contributed by atoms with E-state index in [1.165, 1.54) is 18.5 Å². The Hall–Kier alpha value is -4.14. The van der Waals surface area contributed by atoms with E-state index in [1.807, 2.05) is 35.9 Å². The van der Waals surface area contributed by atoms with Crippen LogP contribution in [0.4, 0.5) is 10.1 Å². The maximum Gasteiger partial charge on any atom is 0.182 e. The predicted octanol–water partition coefficient (Wildman–Crippen LogP) is 3.93. The van der Waals surface area contributed by atoms with Gasteiger partial charge in [-0.25, -0.2) is 14.4 Å². The third kappa shape index (κ3) is 4.57. The van der Waals surface area contributed by atoms with Crippen LogP contribution in [-0.2, 0) is 4.74 Å². The lowest BCUT2D eigenvalue weighted by atomic mass is 10.1. The second-order valence-corrected chi connectivity index (χ2v) is 7.57. The topological polar surface area (TPSA) is 89.5 Å². The molecule has 1 aliphatic rings. The van der Waals surface area contributed by atoms with Crippen LogP contribution in [0.5, 0.6) is 0 Å². The van der Waals surface area contributed by atoms with Crippen molar-refractivity contribution in [1.82, 2.24) is 19.9 Å². The molecular weight excluding hydrogens is 423 g/mol. The van der Waals surface area contributed by atoms with E-state index in [9.17, 15) is 4.39 Å². The number of aryl methyl sites for hydroxylation is 1. The van der Waals surface area contributed by atoms with E-state index in [-0.39, 0.29) is 5.82 Å². The summed E-state index contributed by atoms with van der Waals surface area (Å²) in [4.78, 5) is 13.3. The van der Waals surface area contributed by atoms with Crippen LogP contribution >= 0.6 is 0 Å². The summed E-state index contributed by atoms with van der Waals surface area (Å²) in [6.07, 6.45) is 7.06. The molecule has 2 aromatic heterocycles. The van der Waals surface area contributed by atoms with Gasteiger partial charge in [0.25, 0.3) is 0 Å². The summed E-state index contributed by atoms with van der Waals surface area (Å²) >= 11 is 0. The standard InChI is InChI=1S/C24H23FN6O2/c1-16-13-31(14-29-16)20-7-2-17(23-22(20)30-15-33-23)12-21-24(28-10-11-32-21)27-9-8-26-19-5-3-18(25)4-6-19/h2-7,12-15,26H,8-11H2,1H3,(H,27,28)/b21-12-.